The van der Waals surface area contributed by atoms with Gasteiger partial charge >= 0.3 is 0 Å². The lowest BCUT2D eigenvalue weighted by Crippen LogP contribution is -2.25. The Labute approximate surface area is 132 Å². The molecule has 0 bridgehead atoms. The summed E-state index contributed by atoms with van der Waals surface area (Å²) < 4.78 is 2.66. The highest BCUT2D eigenvalue weighted by Gasteiger charge is 2.07. The molecule has 0 saturated carbocycles. The molecule has 0 radical (unpaired) electrons. The summed E-state index contributed by atoms with van der Waals surface area (Å²) in [6.07, 6.45) is 4.95. The average molecular weight is 325 g/mol. The molecule has 7 heteroatoms. The second-order valence-electron chi connectivity index (χ2n) is 4.80. The predicted octanol–water partition coefficient (Wildman–Crippen LogP) is 2.95. The van der Waals surface area contributed by atoms with Crippen LogP contribution in [0.15, 0.2) is 24.5 Å². The molecule has 21 heavy (non-hydrogen) atoms. The third kappa shape index (κ3) is 4.68. The second kappa shape index (κ2) is 7.38. The minimum absolute atomic E-state index is 0.126. The molecule has 0 atom stereocenters. The van der Waals surface area contributed by atoms with Crippen molar-refractivity contribution in [2.75, 3.05) is 6.54 Å². The summed E-state index contributed by atoms with van der Waals surface area (Å²) in [6, 6.07) is 3.69. The largest absolute Gasteiger partial charge is 0.351 e. The Morgan fingerprint density at radius 1 is 1.52 bits per heavy atom. The fraction of sp³-hybridized carbons (Fsp3) is 0.357. The van der Waals surface area contributed by atoms with Crippen LogP contribution >= 0.6 is 22.9 Å². The first-order valence-electron chi connectivity index (χ1n) is 6.65. The Bertz CT molecular complexity index is 632. The van der Waals surface area contributed by atoms with E-state index in [0.717, 1.165) is 10.7 Å². The number of amides is 1. The zero-order chi connectivity index (χ0) is 15.2. The van der Waals surface area contributed by atoms with Crippen molar-refractivity contribution in [3.05, 3.63) is 39.6 Å². The van der Waals surface area contributed by atoms with Gasteiger partial charge in [-0.15, -0.1) is 21.5 Å². The number of nitrogens with zero attached hydrogens (tertiary/aromatic N) is 3. The molecule has 0 unspecified atom stereocenters. The maximum atomic E-state index is 11.7. The van der Waals surface area contributed by atoms with Crippen LogP contribution in [0.25, 0.3) is 6.08 Å². The Balaban J connectivity index is 1.79. The molecule has 0 spiro atoms. The van der Waals surface area contributed by atoms with Gasteiger partial charge in [0.2, 0.25) is 5.91 Å². The molecule has 0 saturated heterocycles. The molecule has 2 aromatic rings. The van der Waals surface area contributed by atoms with Gasteiger partial charge in [-0.25, -0.2) is 0 Å². The molecule has 2 heterocycles. The summed E-state index contributed by atoms with van der Waals surface area (Å²) in [5, 5.41) is 10.8. The van der Waals surface area contributed by atoms with Gasteiger partial charge in [0.05, 0.1) is 4.34 Å². The highest BCUT2D eigenvalue weighted by atomic mass is 35.5. The van der Waals surface area contributed by atoms with Gasteiger partial charge in [-0.3, -0.25) is 4.79 Å². The molecule has 0 aliphatic rings. The molecule has 0 fully saturated rings. The molecule has 0 aromatic carbocycles. The monoisotopic (exact) mass is 324 g/mol. The van der Waals surface area contributed by atoms with Crippen LogP contribution in [0.4, 0.5) is 0 Å². The number of carbonyl (C=O) groups excluding carboxylic acids is 1. The van der Waals surface area contributed by atoms with Gasteiger partial charge in [-0.1, -0.05) is 25.4 Å². The lowest BCUT2D eigenvalue weighted by molar-refractivity contribution is -0.116. The van der Waals surface area contributed by atoms with Crippen molar-refractivity contribution in [3.63, 3.8) is 0 Å². The van der Waals surface area contributed by atoms with Crippen LogP contribution in [-0.2, 0) is 11.3 Å². The first kappa shape index (κ1) is 15.7. The number of aromatic nitrogens is 3. The Hall–Kier alpha value is -1.66. The fourth-order valence-corrected chi connectivity index (χ4v) is 2.78. The summed E-state index contributed by atoms with van der Waals surface area (Å²) >= 11 is 7.26. The third-order valence-electron chi connectivity index (χ3n) is 2.81. The van der Waals surface area contributed by atoms with E-state index in [1.54, 1.807) is 12.4 Å². The maximum absolute atomic E-state index is 11.7. The van der Waals surface area contributed by atoms with Crippen LogP contribution in [0.5, 0.6) is 0 Å². The molecule has 0 aliphatic heterocycles. The molecule has 112 valence electrons. The Morgan fingerprint density at radius 2 is 2.33 bits per heavy atom. The van der Waals surface area contributed by atoms with Gasteiger partial charge in [0, 0.05) is 30.0 Å². The Kier molecular flexibility index (Phi) is 5.52. The van der Waals surface area contributed by atoms with Gasteiger partial charge in [0.15, 0.2) is 0 Å². The summed E-state index contributed by atoms with van der Waals surface area (Å²) in [5.74, 6) is 1.11. The normalized spacial score (nSPS) is 11.4. The molecule has 2 aromatic heterocycles. The molecule has 1 amide bonds. The van der Waals surface area contributed by atoms with Crippen LogP contribution in [0.3, 0.4) is 0 Å². The summed E-state index contributed by atoms with van der Waals surface area (Å²) in [6.45, 7) is 5.32. The first-order chi connectivity index (χ1) is 10.1. The van der Waals surface area contributed by atoms with E-state index in [-0.39, 0.29) is 5.91 Å². The van der Waals surface area contributed by atoms with E-state index in [1.165, 1.54) is 17.4 Å². The Morgan fingerprint density at radius 3 is 3.00 bits per heavy atom. The van der Waals surface area contributed by atoms with Crippen molar-refractivity contribution in [2.45, 2.75) is 26.3 Å². The third-order valence-corrected chi connectivity index (χ3v) is 4.00. The van der Waals surface area contributed by atoms with Crippen LogP contribution < -0.4 is 5.32 Å². The van der Waals surface area contributed by atoms with Crippen molar-refractivity contribution >= 4 is 34.9 Å². The number of hydrogen-bond acceptors (Lipinski definition) is 4. The standard InChI is InChI=1S/C14H17ClN4OS/c1-10(2)14-18-17-9-19(14)8-7-16-13(20)6-4-11-3-5-12(15)21-11/h3-6,9-10H,7-8H2,1-2H3,(H,16,20)/b6-4+. The molecule has 0 aliphatic carbocycles. The predicted molar refractivity (Wildman–Crippen MR) is 85.5 cm³/mol. The summed E-state index contributed by atoms with van der Waals surface area (Å²) in [7, 11) is 0. The van der Waals surface area contributed by atoms with Crippen molar-refractivity contribution in [2.24, 2.45) is 0 Å². The smallest absolute Gasteiger partial charge is 0.244 e. The van der Waals surface area contributed by atoms with Crippen molar-refractivity contribution in [3.8, 4) is 0 Å². The van der Waals surface area contributed by atoms with Crippen LogP contribution in [0, 0.1) is 0 Å². The van der Waals surface area contributed by atoms with Gasteiger partial charge < -0.3 is 9.88 Å². The van der Waals surface area contributed by atoms with E-state index in [2.05, 4.69) is 29.4 Å². The fourth-order valence-electron chi connectivity index (χ4n) is 1.82. The van der Waals surface area contributed by atoms with Crippen molar-refractivity contribution < 1.29 is 4.79 Å². The van der Waals surface area contributed by atoms with E-state index in [9.17, 15) is 4.79 Å². The van der Waals surface area contributed by atoms with Gasteiger partial charge in [-0.05, 0) is 18.2 Å². The lowest BCUT2D eigenvalue weighted by Gasteiger charge is -2.08. The number of rotatable bonds is 6. The highest BCUT2D eigenvalue weighted by molar-refractivity contribution is 7.17. The lowest BCUT2D eigenvalue weighted by atomic mass is 10.2. The van der Waals surface area contributed by atoms with Gasteiger partial charge in [0.1, 0.15) is 12.2 Å². The minimum Gasteiger partial charge on any atom is -0.351 e. The zero-order valence-corrected chi connectivity index (χ0v) is 13.5. The maximum Gasteiger partial charge on any atom is 0.244 e. The molecular weight excluding hydrogens is 308 g/mol. The SMILES string of the molecule is CC(C)c1nncn1CCNC(=O)/C=C/c1ccc(Cl)s1. The number of halogens is 1. The number of thiophene rings is 1. The molecule has 1 N–H and O–H groups in total. The highest BCUT2D eigenvalue weighted by Crippen LogP contribution is 2.22. The molecule has 2 rings (SSSR count). The van der Waals surface area contributed by atoms with E-state index in [4.69, 9.17) is 11.6 Å². The summed E-state index contributed by atoms with van der Waals surface area (Å²) in [4.78, 5) is 12.7. The minimum atomic E-state index is -0.126. The van der Waals surface area contributed by atoms with Crippen molar-refractivity contribution in [1.29, 1.82) is 0 Å². The quantitative estimate of drug-likeness (QED) is 0.831. The van der Waals surface area contributed by atoms with E-state index < -0.39 is 0 Å². The van der Waals surface area contributed by atoms with E-state index in [1.807, 2.05) is 16.7 Å². The molecular formula is C14H17ClN4OS. The number of carbonyl (C=O) groups is 1. The number of nitrogens with one attached hydrogen (secondary N) is 1. The van der Waals surface area contributed by atoms with E-state index in [0.29, 0.717) is 23.3 Å². The second-order valence-corrected chi connectivity index (χ2v) is 6.55. The average Bonchev–Trinajstić information content (AvgIpc) is 3.05. The van der Waals surface area contributed by atoms with Crippen LogP contribution in [-0.4, -0.2) is 27.2 Å². The van der Waals surface area contributed by atoms with E-state index >= 15 is 0 Å². The van der Waals surface area contributed by atoms with Gasteiger partial charge in [-0.2, -0.15) is 0 Å². The number of hydrogen-bond donors (Lipinski definition) is 1. The zero-order valence-electron chi connectivity index (χ0n) is 11.9. The van der Waals surface area contributed by atoms with Crippen LogP contribution in [0.2, 0.25) is 4.34 Å². The molecule has 5 nitrogen and oxygen atoms in total. The van der Waals surface area contributed by atoms with Crippen LogP contribution in [0.1, 0.15) is 30.5 Å². The first-order valence-corrected chi connectivity index (χ1v) is 7.84. The summed E-state index contributed by atoms with van der Waals surface area (Å²) in [5.41, 5.74) is 0. The van der Waals surface area contributed by atoms with Crippen molar-refractivity contribution in [1.82, 2.24) is 20.1 Å². The van der Waals surface area contributed by atoms with Gasteiger partial charge in [0.25, 0.3) is 0 Å². The topological polar surface area (TPSA) is 59.8 Å².